The first kappa shape index (κ1) is 11.1. The molecule has 88 valence electrons. The third kappa shape index (κ3) is 2.40. The maximum atomic E-state index is 11.8. The van der Waals surface area contributed by atoms with Gasteiger partial charge in [0.1, 0.15) is 5.82 Å². The van der Waals surface area contributed by atoms with Crippen LogP contribution in [0, 0.1) is 5.92 Å². The minimum absolute atomic E-state index is 0.157. The fourth-order valence-electron chi connectivity index (χ4n) is 2.14. The first-order valence-electron chi connectivity index (χ1n) is 5.91. The second kappa shape index (κ2) is 4.63. The predicted molar refractivity (Wildman–Crippen MR) is 60.0 cm³/mol. The predicted octanol–water partition coefficient (Wildman–Crippen LogP) is 1.29. The van der Waals surface area contributed by atoms with Crippen LogP contribution in [0.2, 0.25) is 0 Å². The van der Waals surface area contributed by atoms with Gasteiger partial charge in [-0.3, -0.25) is 9.89 Å². The van der Waals surface area contributed by atoms with Crippen molar-refractivity contribution in [1.29, 1.82) is 0 Å². The summed E-state index contributed by atoms with van der Waals surface area (Å²) >= 11 is 0. The fraction of sp³-hybridized carbons (Fsp3) is 0.727. The number of aryl methyl sites for hydroxylation is 1. The van der Waals surface area contributed by atoms with Gasteiger partial charge >= 0.3 is 0 Å². The van der Waals surface area contributed by atoms with Crippen LogP contribution in [-0.2, 0) is 6.42 Å². The highest BCUT2D eigenvalue weighted by Gasteiger charge is 2.24. The molecule has 1 saturated carbocycles. The molecule has 0 aliphatic heterocycles. The lowest BCUT2D eigenvalue weighted by molar-refractivity contribution is 0.0927. The Kier molecular flexibility index (Phi) is 3.22. The lowest BCUT2D eigenvalue weighted by Crippen LogP contribution is -2.33. The van der Waals surface area contributed by atoms with E-state index < -0.39 is 0 Å². The van der Waals surface area contributed by atoms with Crippen LogP contribution < -0.4 is 5.32 Å². The van der Waals surface area contributed by atoms with Crippen LogP contribution in [0.1, 0.15) is 49.6 Å². The molecule has 0 bridgehead atoms. The minimum atomic E-state index is -0.157. The Labute approximate surface area is 95.0 Å². The summed E-state index contributed by atoms with van der Waals surface area (Å²) in [7, 11) is 0. The smallest absolute Gasteiger partial charge is 0.291 e. The zero-order valence-corrected chi connectivity index (χ0v) is 9.79. The molecule has 1 heterocycles. The highest BCUT2D eigenvalue weighted by atomic mass is 16.2. The molecule has 5 heteroatoms. The Hall–Kier alpha value is -1.39. The number of carbonyl (C=O) groups is 1. The van der Waals surface area contributed by atoms with E-state index in [-0.39, 0.29) is 11.7 Å². The quantitative estimate of drug-likeness (QED) is 0.809. The van der Waals surface area contributed by atoms with Gasteiger partial charge in [-0.1, -0.05) is 13.8 Å². The molecule has 16 heavy (non-hydrogen) atoms. The summed E-state index contributed by atoms with van der Waals surface area (Å²) in [6.07, 6.45) is 4.09. The van der Waals surface area contributed by atoms with Gasteiger partial charge in [-0.05, 0) is 25.2 Å². The Morgan fingerprint density at radius 3 is 2.94 bits per heavy atom. The standard InChI is InChI=1S/C11H18N4O/c1-3-9-13-10(15-14-9)11(16)12-8-5-4-7(2)6-8/h7-8H,3-6H2,1-2H3,(H,12,16)(H,13,14,15). The number of nitrogens with zero attached hydrogens (tertiary/aromatic N) is 2. The molecular formula is C11H18N4O. The van der Waals surface area contributed by atoms with Crippen LogP contribution in [0.25, 0.3) is 0 Å². The van der Waals surface area contributed by atoms with Gasteiger partial charge in [0.15, 0.2) is 0 Å². The number of rotatable bonds is 3. The zero-order chi connectivity index (χ0) is 11.5. The van der Waals surface area contributed by atoms with Crippen LogP contribution in [0.15, 0.2) is 0 Å². The highest BCUT2D eigenvalue weighted by Crippen LogP contribution is 2.24. The number of nitrogens with one attached hydrogen (secondary N) is 2. The van der Waals surface area contributed by atoms with Crippen LogP contribution >= 0.6 is 0 Å². The van der Waals surface area contributed by atoms with Gasteiger partial charge in [-0.2, -0.15) is 0 Å². The van der Waals surface area contributed by atoms with Crippen molar-refractivity contribution in [3.05, 3.63) is 11.6 Å². The largest absolute Gasteiger partial charge is 0.347 e. The molecule has 5 nitrogen and oxygen atoms in total. The molecule has 1 amide bonds. The number of aromatic nitrogens is 3. The Bertz CT molecular complexity index is 374. The molecule has 0 saturated heterocycles. The molecule has 1 fully saturated rings. The maximum absolute atomic E-state index is 11.8. The van der Waals surface area contributed by atoms with Crippen molar-refractivity contribution in [2.75, 3.05) is 0 Å². The second-order valence-corrected chi connectivity index (χ2v) is 4.55. The number of aromatic amines is 1. The molecule has 2 atom stereocenters. The van der Waals surface area contributed by atoms with E-state index in [0.29, 0.717) is 12.0 Å². The van der Waals surface area contributed by atoms with Gasteiger partial charge in [0, 0.05) is 12.5 Å². The first-order valence-corrected chi connectivity index (χ1v) is 5.91. The molecule has 2 N–H and O–H groups in total. The lowest BCUT2D eigenvalue weighted by atomic mass is 10.1. The summed E-state index contributed by atoms with van der Waals surface area (Å²) in [5, 5.41) is 9.63. The summed E-state index contributed by atoms with van der Waals surface area (Å²) < 4.78 is 0. The topological polar surface area (TPSA) is 70.7 Å². The summed E-state index contributed by atoms with van der Waals surface area (Å²) in [5.74, 6) is 1.57. The molecule has 2 unspecified atom stereocenters. The second-order valence-electron chi connectivity index (χ2n) is 4.55. The van der Waals surface area contributed by atoms with Gasteiger partial charge in [0.05, 0.1) is 0 Å². The van der Waals surface area contributed by atoms with Crippen molar-refractivity contribution in [2.45, 2.75) is 45.6 Å². The molecular weight excluding hydrogens is 204 g/mol. The number of amides is 1. The normalized spacial score (nSPS) is 24.6. The SMILES string of the molecule is CCc1nc(C(=O)NC2CCC(C)C2)n[nH]1. The Morgan fingerprint density at radius 1 is 1.56 bits per heavy atom. The molecule has 0 spiro atoms. The summed E-state index contributed by atoms with van der Waals surface area (Å²) in [5.41, 5.74) is 0. The zero-order valence-electron chi connectivity index (χ0n) is 9.79. The molecule has 1 aliphatic rings. The monoisotopic (exact) mass is 222 g/mol. The van der Waals surface area contributed by atoms with Crippen LogP contribution in [0.4, 0.5) is 0 Å². The minimum Gasteiger partial charge on any atom is -0.347 e. The lowest BCUT2D eigenvalue weighted by Gasteiger charge is -2.10. The average molecular weight is 222 g/mol. The van der Waals surface area contributed by atoms with Gasteiger partial charge in [-0.15, -0.1) is 5.10 Å². The molecule has 0 radical (unpaired) electrons. The summed E-state index contributed by atoms with van der Waals surface area (Å²) in [6.45, 7) is 4.19. The van der Waals surface area contributed by atoms with Crippen molar-refractivity contribution in [2.24, 2.45) is 5.92 Å². The molecule has 2 rings (SSSR count). The third-order valence-corrected chi connectivity index (χ3v) is 3.10. The van der Waals surface area contributed by atoms with Crippen molar-refractivity contribution >= 4 is 5.91 Å². The van der Waals surface area contributed by atoms with Gasteiger partial charge in [-0.25, -0.2) is 4.98 Å². The van der Waals surface area contributed by atoms with E-state index in [1.165, 1.54) is 6.42 Å². The molecule has 1 aromatic rings. The molecule has 1 aliphatic carbocycles. The molecule has 0 aromatic carbocycles. The first-order chi connectivity index (χ1) is 7.69. The van der Waals surface area contributed by atoms with E-state index >= 15 is 0 Å². The number of hydrogen-bond donors (Lipinski definition) is 2. The summed E-state index contributed by atoms with van der Waals surface area (Å²) in [4.78, 5) is 15.9. The molecule has 1 aromatic heterocycles. The van der Waals surface area contributed by atoms with E-state index in [4.69, 9.17) is 0 Å². The van der Waals surface area contributed by atoms with Crippen molar-refractivity contribution in [1.82, 2.24) is 20.5 Å². The fourth-order valence-corrected chi connectivity index (χ4v) is 2.14. The van der Waals surface area contributed by atoms with Gasteiger partial charge in [0.25, 0.3) is 5.91 Å². The number of carbonyl (C=O) groups excluding carboxylic acids is 1. The van der Waals surface area contributed by atoms with E-state index in [1.54, 1.807) is 0 Å². The number of hydrogen-bond acceptors (Lipinski definition) is 3. The van der Waals surface area contributed by atoms with Crippen molar-refractivity contribution in [3.8, 4) is 0 Å². The Morgan fingerprint density at radius 2 is 2.38 bits per heavy atom. The highest BCUT2D eigenvalue weighted by molar-refractivity contribution is 5.90. The van der Waals surface area contributed by atoms with Crippen LogP contribution in [-0.4, -0.2) is 27.1 Å². The van der Waals surface area contributed by atoms with Gasteiger partial charge < -0.3 is 5.32 Å². The third-order valence-electron chi connectivity index (χ3n) is 3.10. The summed E-state index contributed by atoms with van der Waals surface area (Å²) in [6, 6.07) is 0.297. The average Bonchev–Trinajstić information content (AvgIpc) is 2.87. The van der Waals surface area contributed by atoms with Crippen molar-refractivity contribution < 1.29 is 4.79 Å². The van der Waals surface area contributed by atoms with E-state index in [1.807, 2.05) is 6.92 Å². The van der Waals surface area contributed by atoms with Crippen molar-refractivity contribution in [3.63, 3.8) is 0 Å². The van der Waals surface area contributed by atoms with E-state index in [2.05, 4.69) is 27.4 Å². The van der Waals surface area contributed by atoms with Crippen LogP contribution in [0.5, 0.6) is 0 Å². The Balaban J connectivity index is 1.92. The van der Waals surface area contributed by atoms with Gasteiger partial charge in [0.2, 0.25) is 5.82 Å². The van der Waals surface area contributed by atoms with E-state index in [9.17, 15) is 4.79 Å². The van der Waals surface area contributed by atoms with E-state index in [0.717, 1.165) is 25.1 Å². The van der Waals surface area contributed by atoms with Crippen LogP contribution in [0.3, 0.4) is 0 Å². The number of H-pyrrole nitrogens is 1. The maximum Gasteiger partial charge on any atom is 0.291 e.